The maximum atomic E-state index is 13.3. The molecule has 4 aromatic rings. The van der Waals surface area contributed by atoms with Crippen LogP contribution < -0.4 is 5.32 Å². The number of alkyl halides is 3. The molecule has 3 aromatic carbocycles. The average molecular weight is 683 g/mol. The van der Waals surface area contributed by atoms with Gasteiger partial charge in [-0.2, -0.15) is 21.6 Å². The molecular formula is C35H37F3N4O5S. The minimum Gasteiger partial charge on any atom is -0.451 e. The number of halogens is 3. The summed E-state index contributed by atoms with van der Waals surface area (Å²) in [5.74, 6) is -0.126. The van der Waals surface area contributed by atoms with Gasteiger partial charge in [0.25, 0.3) is 11.8 Å². The van der Waals surface area contributed by atoms with Crippen molar-refractivity contribution in [1.82, 2.24) is 20.0 Å². The lowest BCUT2D eigenvalue weighted by Gasteiger charge is -2.34. The van der Waals surface area contributed by atoms with Gasteiger partial charge in [-0.15, -0.1) is 0 Å². The second-order valence-corrected chi connectivity index (χ2v) is 12.3. The zero-order valence-corrected chi connectivity index (χ0v) is 27.3. The number of hydrogen-bond acceptors (Lipinski definition) is 7. The first-order chi connectivity index (χ1) is 23.0. The van der Waals surface area contributed by atoms with Crippen LogP contribution in [0.25, 0.3) is 11.0 Å². The third kappa shape index (κ3) is 9.18. The maximum absolute atomic E-state index is 13.3. The van der Waals surface area contributed by atoms with E-state index < -0.39 is 23.3 Å². The number of piperidine rings is 1. The number of carbonyl (C=O) groups is 2. The molecule has 0 unspecified atom stereocenters. The Kier molecular flexibility index (Phi) is 11.5. The van der Waals surface area contributed by atoms with Crippen molar-refractivity contribution >= 4 is 34.4 Å². The van der Waals surface area contributed by atoms with Crippen molar-refractivity contribution in [3.63, 3.8) is 0 Å². The molecule has 1 aromatic heterocycles. The summed E-state index contributed by atoms with van der Waals surface area (Å²) in [6.45, 7) is 7.89. The molecule has 2 aliphatic heterocycles. The molecule has 3 heterocycles. The number of amides is 2. The highest BCUT2D eigenvalue weighted by atomic mass is 32.1. The summed E-state index contributed by atoms with van der Waals surface area (Å²) in [5, 5.41) is 3.76. The standard InChI is InChI=1S/C35H37F3N4O3.O2S/c1-24-2-4-25(5-3-24)23-41-16-18-42(19-17-41)34(44)27-8-11-31-28(20-27)21-32(45-31)33(43)39-30-12-14-40(15-13-30)22-26-6-9-29(10-7-26)35(36,37)38;1-3-2/h2-11,20-21,30H,12-19,22-23H2,1H3,(H,39,43);. The van der Waals surface area contributed by atoms with E-state index in [1.807, 2.05) is 4.90 Å². The number of furan rings is 1. The molecule has 0 aliphatic carbocycles. The molecule has 2 amide bonds. The van der Waals surface area contributed by atoms with Crippen molar-refractivity contribution in [2.45, 2.75) is 45.1 Å². The maximum Gasteiger partial charge on any atom is 0.416 e. The number of hydrogen-bond donors (Lipinski definition) is 1. The monoisotopic (exact) mass is 682 g/mol. The Morgan fingerprint density at radius 2 is 1.38 bits per heavy atom. The van der Waals surface area contributed by atoms with E-state index in [1.165, 1.54) is 23.3 Å². The van der Waals surface area contributed by atoms with Crippen molar-refractivity contribution in [3.8, 4) is 0 Å². The number of nitrogens with one attached hydrogen (secondary N) is 1. The molecule has 0 bridgehead atoms. The van der Waals surface area contributed by atoms with E-state index in [1.54, 1.807) is 24.3 Å². The molecular weight excluding hydrogens is 645 g/mol. The number of aryl methyl sites for hydroxylation is 1. The summed E-state index contributed by atoms with van der Waals surface area (Å²) in [7, 11) is 0. The van der Waals surface area contributed by atoms with Crippen LogP contribution in [0.4, 0.5) is 13.2 Å². The van der Waals surface area contributed by atoms with Crippen molar-refractivity contribution in [3.05, 3.63) is 106 Å². The quantitative estimate of drug-likeness (QED) is 0.277. The fourth-order valence-corrected chi connectivity index (χ4v) is 6.08. The summed E-state index contributed by atoms with van der Waals surface area (Å²) in [6, 6.07) is 20.7. The molecule has 0 radical (unpaired) electrons. The normalized spacial score (nSPS) is 16.3. The molecule has 13 heteroatoms. The van der Waals surface area contributed by atoms with Crippen LogP contribution in [0.2, 0.25) is 0 Å². The highest BCUT2D eigenvalue weighted by Gasteiger charge is 2.30. The van der Waals surface area contributed by atoms with Crippen LogP contribution in [0.5, 0.6) is 0 Å². The SMILES string of the molecule is Cc1ccc(CN2CCN(C(=O)c3ccc4oc(C(=O)NC5CCN(Cc6ccc(C(F)(F)F)cc6)CC5)cc4c3)CC2)cc1.O=S=O. The van der Waals surface area contributed by atoms with E-state index in [0.717, 1.165) is 63.3 Å². The fraction of sp³-hybridized carbons (Fsp3) is 0.371. The second-order valence-electron chi connectivity index (χ2n) is 12.2. The van der Waals surface area contributed by atoms with Crippen molar-refractivity contribution < 1.29 is 35.6 Å². The van der Waals surface area contributed by atoms with Crippen LogP contribution in [0.15, 0.2) is 77.2 Å². The van der Waals surface area contributed by atoms with Crippen molar-refractivity contribution in [2.75, 3.05) is 39.3 Å². The van der Waals surface area contributed by atoms with Gasteiger partial charge in [-0.25, -0.2) is 0 Å². The molecule has 2 fully saturated rings. The first-order valence-electron chi connectivity index (χ1n) is 15.7. The molecule has 48 heavy (non-hydrogen) atoms. The van der Waals surface area contributed by atoms with Crippen LogP contribution in [0, 0.1) is 6.92 Å². The van der Waals surface area contributed by atoms with E-state index in [0.29, 0.717) is 36.2 Å². The third-order valence-electron chi connectivity index (χ3n) is 8.78. The predicted octanol–water partition coefficient (Wildman–Crippen LogP) is 5.44. The Balaban J connectivity index is 0.00000145. The minimum absolute atomic E-state index is 0.0258. The largest absolute Gasteiger partial charge is 0.451 e. The van der Waals surface area contributed by atoms with Gasteiger partial charge in [-0.1, -0.05) is 42.0 Å². The summed E-state index contributed by atoms with van der Waals surface area (Å²) < 4.78 is 60.9. The van der Waals surface area contributed by atoms with Gasteiger partial charge < -0.3 is 14.6 Å². The number of fused-ring (bicyclic) bond motifs is 1. The highest BCUT2D eigenvalue weighted by Crippen LogP contribution is 2.29. The third-order valence-corrected chi connectivity index (χ3v) is 8.78. The smallest absolute Gasteiger partial charge is 0.416 e. The highest BCUT2D eigenvalue weighted by molar-refractivity contribution is 7.51. The fourth-order valence-electron chi connectivity index (χ4n) is 6.08. The molecule has 2 saturated heterocycles. The minimum atomic E-state index is -4.34. The Hall–Kier alpha value is -4.33. The molecule has 0 spiro atoms. The van der Waals surface area contributed by atoms with E-state index in [-0.39, 0.29) is 23.6 Å². The summed E-state index contributed by atoms with van der Waals surface area (Å²) >= 11 is -0.750. The molecule has 9 nitrogen and oxygen atoms in total. The van der Waals surface area contributed by atoms with Gasteiger partial charge in [0.05, 0.1) is 5.56 Å². The van der Waals surface area contributed by atoms with Gasteiger partial charge in [0.1, 0.15) is 5.58 Å². The Morgan fingerprint density at radius 3 is 1.96 bits per heavy atom. The number of carbonyl (C=O) groups excluding carboxylic acids is 2. The first-order valence-corrected chi connectivity index (χ1v) is 16.4. The average Bonchev–Trinajstić information content (AvgIpc) is 3.51. The molecule has 0 atom stereocenters. The lowest BCUT2D eigenvalue weighted by molar-refractivity contribution is -0.137. The van der Waals surface area contributed by atoms with Crippen LogP contribution in [0.1, 0.15) is 56.0 Å². The Labute approximate surface area is 280 Å². The zero-order chi connectivity index (χ0) is 34.3. The summed E-state index contributed by atoms with van der Waals surface area (Å²) in [4.78, 5) is 32.7. The number of rotatable bonds is 7. The molecule has 2 aliphatic rings. The summed E-state index contributed by atoms with van der Waals surface area (Å²) in [6.07, 6.45) is -2.89. The molecule has 0 saturated carbocycles. The van der Waals surface area contributed by atoms with Crippen molar-refractivity contribution in [1.29, 1.82) is 0 Å². The van der Waals surface area contributed by atoms with Crippen LogP contribution in [-0.2, 0) is 30.8 Å². The first kappa shape index (κ1) is 35.0. The van der Waals surface area contributed by atoms with E-state index in [2.05, 4.69) is 46.3 Å². The van der Waals surface area contributed by atoms with Crippen LogP contribution in [0.3, 0.4) is 0 Å². The molecule has 6 rings (SSSR count). The molecule has 1 N–H and O–H groups in total. The predicted molar refractivity (Wildman–Crippen MR) is 175 cm³/mol. The Morgan fingerprint density at radius 1 is 0.812 bits per heavy atom. The summed E-state index contributed by atoms with van der Waals surface area (Å²) in [5.41, 5.74) is 3.81. The van der Waals surface area contributed by atoms with Gasteiger partial charge in [-0.05, 0) is 67.3 Å². The van der Waals surface area contributed by atoms with Gasteiger partial charge in [0.15, 0.2) is 5.76 Å². The van der Waals surface area contributed by atoms with Crippen molar-refractivity contribution in [2.24, 2.45) is 0 Å². The topological polar surface area (TPSA) is 103 Å². The number of nitrogens with zero attached hydrogens (tertiary/aromatic N) is 3. The van der Waals surface area contributed by atoms with Gasteiger partial charge >= 0.3 is 17.7 Å². The van der Waals surface area contributed by atoms with E-state index >= 15 is 0 Å². The lowest BCUT2D eigenvalue weighted by Crippen LogP contribution is -2.48. The molecule has 254 valence electrons. The van der Waals surface area contributed by atoms with Gasteiger partial charge in [-0.3, -0.25) is 19.4 Å². The second kappa shape index (κ2) is 15.7. The van der Waals surface area contributed by atoms with E-state index in [4.69, 9.17) is 12.8 Å². The lowest BCUT2D eigenvalue weighted by atomic mass is 10.0. The van der Waals surface area contributed by atoms with Crippen LogP contribution in [-0.4, -0.2) is 80.2 Å². The van der Waals surface area contributed by atoms with E-state index in [9.17, 15) is 22.8 Å². The number of benzene rings is 3. The Bertz CT molecular complexity index is 1740. The van der Waals surface area contributed by atoms with Gasteiger partial charge in [0, 0.05) is 69.3 Å². The number of piperazine rings is 1. The zero-order valence-electron chi connectivity index (χ0n) is 26.5. The number of likely N-dealkylation sites (tertiary alicyclic amines) is 1. The van der Waals surface area contributed by atoms with Crippen LogP contribution >= 0.6 is 0 Å². The van der Waals surface area contributed by atoms with Gasteiger partial charge in [0.2, 0.25) is 0 Å².